The van der Waals surface area contributed by atoms with Crippen molar-refractivity contribution >= 4 is 35.2 Å². The molecule has 0 unspecified atom stereocenters. The van der Waals surface area contributed by atoms with E-state index in [2.05, 4.69) is 15.3 Å². The van der Waals surface area contributed by atoms with Crippen LogP contribution in [0.15, 0.2) is 36.8 Å². The summed E-state index contributed by atoms with van der Waals surface area (Å²) in [6.07, 6.45) is 1.63. The molecule has 0 saturated carbocycles. The van der Waals surface area contributed by atoms with E-state index in [4.69, 9.17) is 0 Å². The zero-order valence-electron chi connectivity index (χ0n) is 20.3. The van der Waals surface area contributed by atoms with E-state index in [1.165, 1.54) is 47.4 Å². The Bertz CT molecular complexity index is 1070. The van der Waals surface area contributed by atoms with Crippen LogP contribution in [-0.4, -0.2) is 81.5 Å². The van der Waals surface area contributed by atoms with Gasteiger partial charge in [-0.3, -0.25) is 9.59 Å². The normalized spacial score (nSPS) is 16.4. The number of nitrogens with one attached hydrogen (secondary N) is 2. The van der Waals surface area contributed by atoms with Crippen molar-refractivity contribution in [1.82, 2.24) is 20.2 Å². The molecule has 0 bridgehead atoms. The van der Waals surface area contributed by atoms with Crippen LogP contribution in [-0.2, 0) is 27.0 Å². The number of anilines is 1. The van der Waals surface area contributed by atoms with Crippen molar-refractivity contribution in [2.45, 2.75) is 43.9 Å². The maximum absolute atomic E-state index is 13.9. The van der Waals surface area contributed by atoms with E-state index in [9.17, 15) is 32.7 Å². The zero-order valence-corrected chi connectivity index (χ0v) is 21.1. The van der Waals surface area contributed by atoms with Gasteiger partial charge in [0.25, 0.3) is 0 Å². The van der Waals surface area contributed by atoms with Gasteiger partial charge in [-0.2, -0.15) is 24.9 Å². The Morgan fingerprint density at radius 2 is 2.08 bits per heavy atom. The molecule has 0 radical (unpaired) electrons. The number of benzene rings is 1. The lowest BCUT2D eigenvalue weighted by molar-refractivity contribution is -0.141. The fourth-order valence-electron chi connectivity index (χ4n) is 4.40. The number of halogens is 3. The second-order valence-corrected chi connectivity index (χ2v) is 9.76. The zero-order chi connectivity index (χ0) is 27.0. The number of rotatable bonds is 12. The molecule has 2 heterocycles. The van der Waals surface area contributed by atoms with E-state index in [0.29, 0.717) is 30.8 Å². The average molecular weight is 542 g/mol. The number of carbonyl (C=O) groups is 3. The van der Waals surface area contributed by atoms with Crippen molar-refractivity contribution in [3.05, 3.63) is 48.0 Å². The Morgan fingerprint density at radius 1 is 1.32 bits per heavy atom. The molecule has 1 aliphatic rings. The third-order valence-corrected chi connectivity index (χ3v) is 6.80. The largest absolute Gasteiger partial charge is 0.480 e. The predicted octanol–water partition coefficient (Wildman–Crippen LogP) is 2.79. The van der Waals surface area contributed by atoms with Gasteiger partial charge in [0, 0.05) is 36.7 Å². The Kier molecular flexibility index (Phi) is 9.84. The van der Waals surface area contributed by atoms with Crippen LogP contribution >= 0.6 is 11.8 Å². The maximum atomic E-state index is 13.9. The molecule has 1 aliphatic heterocycles. The summed E-state index contributed by atoms with van der Waals surface area (Å²) in [5, 5.41) is 11.9. The Morgan fingerprint density at radius 3 is 2.73 bits per heavy atom. The molecule has 3 N–H and O–H groups in total. The highest BCUT2D eigenvalue weighted by atomic mass is 32.2. The second kappa shape index (κ2) is 12.8. The Balaban J connectivity index is 1.83. The van der Waals surface area contributed by atoms with Crippen LogP contribution in [0.1, 0.15) is 30.5 Å². The third kappa shape index (κ3) is 7.88. The minimum atomic E-state index is -4.67. The molecule has 2 aromatic rings. The van der Waals surface area contributed by atoms with Crippen LogP contribution in [0.25, 0.3) is 0 Å². The summed E-state index contributed by atoms with van der Waals surface area (Å²) in [5.74, 6) is -1.62. The number of H-pyrrole nitrogens is 1. The Labute approximate surface area is 216 Å². The molecule has 202 valence electrons. The molecule has 0 aliphatic carbocycles. The van der Waals surface area contributed by atoms with E-state index in [1.807, 2.05) is 0 Å². The van der Waals surface area contributed by atoms with E-state index >= 15 is 0 Å². The van der Waals surface area contributed by atoms with Gasteiger partial charge in [0.2, 0.25) is 11.8 Å². The lowest BCUT2D eigenvalue weighted by Gasteiger charge is -2.33. The number of carboxylic acids is 1. The number of hydrogen-bond donors (Lipinski definition) is 3. The SMILES string of the molecule is CSCC[C@H](NC(=O)CN(C[C@@H]1CCCN1C(=O)Cc1cnc[nH]1)c1ccccc1C(F)(F)F)C(=O)O. The molecule has 9 nitrogen and oxygen atoms in total. The summed E-state index contributed by atoms with van der Waals surface area (Å²) in [6, 6.07) is 3.36. The number of nitrogens with zero attached hydrogens (tertiary/aromatic N) is 3. The fraction of sp³-hybridized carbons (Fsp3) is 0.500. The standard InChI is InChI=1S/C24H30F3N5O4S/c1-37-10-8-19(23(35)36)30-21(33)14-31(20-7-3-2-6-18(20)24(25,26)27)13-17-5-4-9-32(17)22(34)11-16-12-28-15-29-16/h2-3,6-7,12,15,17,19H,4-5,8-11,13-14H2,1H3,(H,28,29)(H,30,33)(H,35,36)/t17-,19-/m0/s1. The van der Waals surface area contributed by atoms with Gasteiger partial charge in [-0.15, -0.1) is 0 Å². The summed E-state index contributed by atoms with van der Waals surface area (Å²) in [5.41, 5.74) is -0.485. The highest BCUT2D eigenvalue weighted by Gasteiger charge is 2.37. The van der Waals surface area contributed by atoms with Crippen molar-refractivity contribution in [3.63, 3.8) is 0 Å². The number of likely N-dealkylation sites (tertiary alicyclic amines) is 1. The average Bonchev–Trinajstić information content (AvgIpc) is 3.52. The number of hydrogen-bond acceptors (Lipinski definition) is 6. The number of aliphatic carboxylic acids is 1. The van der Waals surface area contributed by atoms with E-state index in [0.717, 1.165) is 6.07 Å². The highest BCUT2D eigenvalue weighted by Crippen LogP contribution is 2.37. The third-order valence-electron chi connectivity index (χ3n) is 6.15. The van der Waals surface area contributed by atoms with Gasteiger partial charge in [0.15, 0.2) is 0 Å². The lowest BCUT2D eigenvalue weighted by Crippen LogP contribution is -2.49. The number of carbonyl (C=O) groups excluding carboxylic acids is 2. The van der Waals surface area contributed by atoms with Gasteiger partial charge in [-0.25, -0.2) is 9.78 Å². The number of aromatic nitrogens is 2. The number of para-hydroxylation sites is 1. The maximum Gasteiger partial charge on any atom is 0.418 e. The van der Waals surface area contributed by atoms with Crippen LogP contribution in [0.2, 0.25) is 0 Å². The molecule has 37 heavy (non-hydrogen) atoms. The molecular weight excluding hydrogens is 511 g/mol. The smallest absolute Gasteiger partial charge is 0.418 e. The van der Waals surface area contributed by atoms with Crippen LogP contribution < -0.4 is 10.2 Å². The first-order chi connectivity index (χ1) is 17.6. The molecule has 13 heteroatoms. The minimum absolute atomic E-state index is 0.0161. The summed E-state index contributed by atoms with van der Waals surface area (Å²) in [4.78, 5) is 47.1. The highest BCUT2D eigenvalue weighted by molar-refractivity contribution is 7.98. The number of thioether (sulfide) groups is 1. The van der Waals surface area contributed by atoms with Crippen molar-refractivity contribution in [3.8, 4) is 0 Å². The summed E-state index contributed by atoms with van der Waals surface area (Å²) in [6.45, 7) is -0.0542. The number of imidazole rings is 1. The van der Waals surface area contributed by atoms with Crippen LogP contribution in [0.5, 0.6) is 0 Å². The van der Waals surface area contributed by atoms with Crippen molar-refractivity contribution in [1.29, 1.82) is 0 Å². The van der Waals surface area contributed by atoms with Gasteiger partial charge in [-0.1, -0.05) is 12.1 Å². The van der Waals surface area contributed by atoms with E-state index < -0.39 is 42.2 Å². The molecule has 1 saturated heterocycles. The summed E-state index contributed by atoms with van der Waals surface area (Å²) >= 11 is 1.42. The van der Waals surface area contributed by atoms with E-state index in [-0.39, 0.29) is 31.0 Å². The first kappa shape index (κ1) is 28.4. The van der Waals surface area contributed by atoms with E-state index in [1.54, 1.807) is 11.2 Å². The van der Waals surface area contributed by atoms with Gasteiger partial charge >= 0.3 is 12.1 Å². The first-order valence-electron chi connectivity index (χ1n) is 11.8. The number of alkyl halides is 3. The molecule has 1 fully saturated rings. The fourth-order valence-corrected chi connectivity index (χ4v) is 4.87. The van der Waals surface area contributed by atoms with Gasteiger partial charge in [-0.05, 0) is 43.4 Å². The van der Waals surface area contributed by atoms with Crippen molar-refractivity contribution in [2.75, 3.05) is 36.5 Å². The molecular formula is C24H30F3N5O4S. The quantitative estimate of drug-likeness (QED) is 0.378. The molecule has 3 rings (SSSR count). The first-order valence-corrected chi connectivity index (χ1v) is 13.2. The number of carboxylic acid groups (broad SMARTS) is 1. The summed E-state index contributed by atoms with van der Waals surface area (Å²) < 4.78 is 41.6. The van der Waals surface area contributed by atoms with Crippen LogP contribution in [0, 0.1) is 0 Å². The van der Waals surface area contributed by atoms with Gasteiger partial charge < -0.3 is 25.2 Å². The number of amides is 2. The molecule has 2 amide bonds. The summed E-state index contributed by atoms with van der Waals surface area (Å²) in [7, 11) is 0. The predicted molar refractivity (Wildman–Crippen MR) is 133 cm³/mol. The Hall–Kier alpha value is -3.22. The monoisotopic (exact) mass is 541 g/mol. The second-order valence-electron chi connectivity index (χ2n) is 8.77. The van der Waals surface area contributed by atoms with Crippen molar-refractivity contribution in [2.24, 2.45) is 0 Å². The van der Waals surface area contributed by atoms with Crippen LogP contribution in [0.3, 0.4) is 0 Å². The number of aromatic amines is 1. The molecule has 1 aromatic carbocycles. The van der Waals surface area contributed by atoms with Crippen LogP contribution in [0.4, 0.5) is 18.9 Å². The minimum Gasteiger partial charge on any atom is -0.480 e. The molecule has 1 aromatic heterocycles. The van der Waals surface area contributed by atoms with Gasteiger partial charge in [0.05, 0.1) is 24.9 Å². The molecule has 0 spiro atoms. The van der Waals surface area contributed by atoms with Gasteiger partial charge in [0.1, 0.15) is 6.04 Å². The lowest BCUT2D eigenvalue weighted by atomic mass is 10.1. The molecule has 2 atom stereocenters. The van der Waals surface area contributed by atoms with Crippen molar-refractivity contribution < 1.29 is 32.7 Å². The topological polar surface area (TPSA) is 119 Å².